The topological polar surface area (TPSA) is 67.1 Å². The zero-order chi connectivity index (χ0) is 10.8. The second kappa shape index (κ2) is 3.86. The van der Waals surface area contributed by atoms with Gasteiger partial charge in [0, 0.05) is 17.8 Å². The highest BCUT2D eigenvalue weighted by Gasteiger charge is 2.34. The maximum atomic E-state index is 12.6. The fourth-order valence-corrected chi connectivity index (χ4v) is 1.25. The number of nitrogens with two attached hydrogens (primary N) is 1. The van der Waals surface area contributed by atoms with Crippen LogP contribution in [0.2, 0.25) is 0 Å². The molecule has 1 fully saturated rings. The number of nitrogens with one attached hydrogen (secondary N) is 2. The molecular weight excluding hydrogens is 197 g/mol. The van der Waals surface area contributed by atoms with Gasteiger partial charge in [0.15, 0.2) is 0 Å². The van der Waals surface area contributed by atoms with Gasteiger partial charge < -0.3 is 16.4 Å². The first-order chi connectivity index (χ1) is 7.15. The maximum Gasteiger partial charge on any atom is 0.319 e. The van der Waals surface area contributed by atoms with Crippen molar-refractivity contribution in [2.75, 3.05) is 5.32 Å². The fourth-order valence-electron chi connectivity index (χ4n) is 1.25. The van der Waals surface area contributed by atoms with Crippen LogP contribution < -0.4 is 16.4 Å². The highest BCUT2D eigenvalue weighted by Crippen LogP contribution is 2.17. The highest BCUT2D eigenvalue weighted by molar-refractivity contribution is 5.89. The van der Waals surface area contributed by atoms with Crippen LogP contribution in [0.4, 0.5) is 14.9 Å². The summed E-state index contributed by atoms with van der Waals surface area (Å²) in [5.74, 6) is -0.329. The van der Waals surface area contributed by atoms with Crippen molar-refractivity contribution in [3.63, 3.8) is 0 Å². The molecule has 0 heterocycles. The molecule has 0 saturated heterocycles. The molecule has 0 radical (unpaired) electrons. The summed E-state index contributed by atoms with van der Waals surface area (Å²) in [5, 5.41) is 5.29. The van der Waals surface area contributed by atoms with Crippen molar-refractivity contribution >= 4 is 11.7 Å². The number of hydrogen-bond acceptors (Lipinski definition) is 2. The summed E-state index contributed by atoms with van der Waals surface area (Å²) < 4.78 is 12.6. The first kappa shape index (κ1) is 9.92. The Morgan fingerprint density at radius 1 is 1.40 bits per heavy atom. The molecule has 2 rings (SSSR count). The number of anilines is 1. The van der Waals surface area contributed by atoms with E-state index >= 15 is 0 Å². The van der Waals surface area contributed by atoms with Crippen LogP contribution in [0.5, 0.6) is 0 Å². The summed E-state index contributed by atoms with van der Waals surface area (Å²) >= 11 is 0. The quantitative estimate of drug-likeness (QED) is 0.681. The standard InChI is InChI=1S/C10H12FN3O/c11-6-1-3-7(4-2-6)13-10(15)14-9-5-8(9)12/h1-4,8-9H,5,12H2,(H2,13,14,15). The number of amides is 2. The number of carbonyl (C=O) groups is 1. The van der Waals surface area contributed by atoms with Crippen LogP contribution in [0, 0.1) is 5.82 Å². The Labute approximate surface area is 86.7 Å². The summed E-state index contributed by atoms with van der Waals surface area (Å²) in [6, 6.07) is 5.43. The van der Waals surface area contributed by atoms with Gasteiger partial charge in [-0.2, -0.15) is 0 Å². The monoisotopic (exact) mass is 209 g/mol. The minimum atomic E-state index is -0.329. The van der Waals surface area contributed by atoms with Crippen molar-refractivity contribution in [2.24, 2.45) is 5.73 Å². The molecule has 2 amide bonds. The lowest BCUT2D eigenvalue weighted by molar-refractivity contribution is 0.251. The lowest BCUT2D eigenvalue weighted by Gasteiger charge is -2.06. The molecule has 1 aromatic carbocycles. The summed E-state index contributed by atoms with van der Waals surface area (Å²) in [6.07, 6.45) is 0.816. The smallest absolute Gasteiger partial charge is 0.319 e. The molecule has 4 nitrogen and oxygen atoms in total. The SMILES string of the molecule is NC1CC1NC(=O)Nc1ccc(F)cc1. The molecule has 2 unspecified atom stereocenters. The van der Waals surface area contributed by atoms with E-state index in [0.29, 0.717) is 5.69 Å². The highest BCUT2D eigenvalue weighted by atomic mass is 19.1. The van der Waals surface area contributed by atoms with Crippen LogP contribution >= 0.6 is 0 Å². The minimum Gasteiger partial charge on any atom is -0.334 e. The van der Waals surface area contributed by atoms with Crippen molar-refractivity contribution in [3.05, 3.63) is 30.1 Å². The Kier molecular flexibility index (Phi) is 2.55. The van der Waals surface area contributed by atoms with Crippen LogP contribution in [-0.2, 0) is 0 Å². The number of urea groups is 1. The van der Waals surface area contributed by atoms with E-state index in [1.807, 2.05) is 0 Å². The Balaban J connectivity index is 1.85. The Morgan fingerprint density at radius 3 is 2.53 bits per heavy atom. The molecular formula is C10H12FN3O. The summed E-state index contributed by atoms with van der Waals surface area (Å²) in [5.41, 5.74) is 6.09. The van der Waals surface area contributed by atoms with E-state index in [-0.39, 0.29) is 23.9 Å². The average molecular weight is 209 g/mol. The average Bonchev–Trinajstić information content (AvgIpc) is 2.86. The van der Waals surface area contributed by atoms with Crippen molar-refractivity contribution in [3.8, 4) is 0 Å². The fraction of sp³-hybridized carbons (Fsp3) is 0.300. The van der Waals surface area contributed by atoms with Gasteiger partial charge in [0.25, 0.3) is 0 Å². The van der Waals surface area contributed by atoms with Crippen molar-refractivity contribution in [2.45, 2.75) is 18.5 Å². The summed E-state index contributed by atoms with van der Waals surface area (Å²) in [4.78, 5) is 11.3. The zero-order valence-electron chi connectivity index (χ0n) is 8.03. The molecule has 80 valence electrons. The first-order valence-electron chi connectivity index (χ1n) is 4.74. The number of halogens is 1. The molecule has 5 heteroatoms. The Hall–Kier alpha value is -1.62. The van der Waals surface area contributed by atoms with Crippen molar-refractivity contribution < 1.29 is 9.18 Å². The van der Waals surface area contributed by atoms with E-state index in [1.54, 1.807) is 0 Å². The Bertz CT molecular complexity index is 365. The van der Waals surface area contributed by atoms with Crippen LogP contribution in [0.25, 0.3) is 0 Å². The van der Waals surface area contributed by atoms with Crippen LogP contribution in [0.15, 0.2) is 24.3 Å². The van der Waals surface area contributed by atoms with Crippen molar-refractivity contribution in [1.29, 1.82) is 0 Å². The van der Waals surface area contributed by atoms with Gasteiger partial charge in [-0.05, 0) is 30.7 Å². The van der Waals surface area contributed by atoms with E-state index in [9.17, 15) is 9.18 Å². The van der Waals surface area contributed by atoms with Gasteiger partial charge in [-0.1, -0.05) is 0 Å². The zero-order valence-corrected chi connectivity index (χ0v) is 8.03. The number of hydrogen-bond donors (Lipinski definition) is 3. The lowest BCUT2D eigenvalue weighted by atomic mass is 10.3. The van der Waals surface area contributed by atoms with Gasteiger partial charge in [0.05, 0.1) is 0 Å². The number of benzene rings is 1. The van der Waals surface area contributed by atoms with E-state index in [2.05, 4.69) is 10.6 Å². The van der Waals surface area contributed by atoms with Gasteiger partial charge in [0.1, 0.15) is 5.82 Å². The molecule has 2 atom stereocenters. The third-order valence-corrected chi connectivity index (χ3v) is 2.26. The van der Waals surface area contributed by atoms with Crippen LogP contribution in [0.1, 0.15) is 6.42 Å². The van der Waals surface area contributed by atoms with E-state index in [4.69, 9.17) is 5.73 Å². The van der Waals surface area contributed by atoms with Gasteiger partial charge in [0.2, 0.25) is 0 Å². The molecule has 0 bridgehead atoms. The molecule has 4 N–H and O–H groups in total. The molecule has 1 aliphatic carbocycles. The van der Waals surface area contributed by atoms with Crippen molar-refractivity contribution in [1.82, 2.24) is 5.32 Å². The molecule has 1 aromatic rings. The van der Waals surface area contributed by atoms with Gasteiger partial charge in [-0.15, -0.1) is 0 Å². The van der Waals surface area contributed by atoms with Gasteiger partial charge >= 0.3 is 6.03 Å². The third-order valence-electron chi connectivity index (χ3n) is 2.26. The van der Waals surface area contributed by atoms with E-state index in [0.717, 1.165) is 6.42 Å². The second-order valence-corrected chi connectivity index (χ2v) is 3.61. The maximum absolute atomic E-state index is 12.6. The Morgan fingerprint density at radius 2 is 2.00 bits per heavy atom. The largest absolute Gasteiger partial charge is 0.334 e. The van der Waals surface area contributed by atoms with Crippen LogP contribution in [-0.4, -0.2) is 18.1 Å². The van der Waals surface area contributed by atoms with Gasteiger partial charge in [-0.25, -0.2) is 9.18 Å². The second-order valence-electron chi connectivity index (χ2n) is 3.61. The summed E-state index contributed by atoms with van der Waals surface area (Å²) in [7, 11) is 0. The lowest BCUT2D eigenvalue weighted by Crippen LogP contribution is -2.33. The normalized spacial score (nSPS) is 23.3. The first-order valence-corrected chi connectivity index (χ1v) is 4.74. The number of carbonyl (C=O) groups excluding carboxylic acids is 1. The van der Waals surface area contributed by atoms with Gasteiger partial charge in [-0.3, -0.25) is 0 Å². The summed E-state index contributed by atoms with van der Waals surface area (Å²) in [6.45, 7) is 0. The third kappa shape index (κ3) is 2.66. The van der Waals surface area contributed by atoms with Crippen LogP contribution in [0.3, 0.4) is 0 Å². The molecule has 1 aliphatic rings. The molecule has 0 spiro atoms. The van der Waals surface area contributed by atoms with E-state index in [1.165, 1.54) is 24.3 Å². The molecule has 1 saturated carbocycles. The molecule has 15 heavy (non-hydrogen) atoms. The molecule has 0 aromatic heterocycles. The van der Waals surface area contributed by atoms with E-state index < -0.39 is 0 Å². The number of rotatable bonds is 2. The molecule has 0 aliphatic heterocycles. The minimum absolute atomic E-state index is 0.0731. The predicted octanol–water partition coefficient (Wildman–Crippen LogP) is 1.05. The predicted molar refractivity (Wildman–Crippen MR) is 54.9 cm³/mol.